The van der Waals surface area contributed by atoms with Crippen molar-refractivity contribution in [3.05, 3.63) is 23.9 Å². The van der Waals surface area contributed by atoms with E-state index in [1.54, 1.807) is 19.2 Å². The van der Waals surface area contributed by atoms with E-state index >= 15 is 0 Å². The predicted molar refractivity (Wildman–Crippen MR) is 106 cm³/mol. The van der Waals surface area contributed by atoms with Crippen LogP contribution >= 0.6 is 0 Å². The van der Waals surface area contributed by atoms with Crippen LogP contribution in [0, 0.1) is 5.92 Å². The molecule has 2 N–H and O–H groups in total. The number of ether oxygens (including phenoxy) is 1. The average Bonchev–Trinajstić information content (AvgIpc) is 3.41. The number of carbonyl (C=O) groups excluding carboxylic acids is 1. The molecule has 7 nitrogen and oxygen atoms in total. The number of hydrogen-bond acceptors (Lipinski definition) is 4. The van der Waals surface area contributed by atoms with Crippen molar-refractivity contribution in [2.24, 2.45) is 10.9 Å². The number of nitrogens with one attached hydrogen (secondary N) is 2. The lowest BCUT2D eigenvalue weighted by molar-refractivity contribution is -0.154. The summed E-state index contributed by atoms with van der Waals surface area (Å²) in [4.78, 5) is 22.6. The topological polar surface area (TPSA) is 78.9 Å². The lowest BCUT2D eigenvalue weighted by atomic mass is 10.1. The first-order valence-corrected chi connectivity index (χ1v) is 10.2. The highest BCUT2D eigenvalue weighted by Crippen LogP contribution is 2.28. The first kappa shape index (κ1) is 22.2. The summed E-state index contributed by atoms with van der Waals surface area (Å²) in [7, 11) is 1.62. The van der Waals surface area contributed by atoms with Gasteiger partial charge in [-0.3, -0.25) is 9.79 Å². The van der Waals surface area contributed by atoms with Crippen LogP contribution in [0.2, 0.25) is 0 Å². The van der Waals surface area contributed by atoms with Gasteiger partial charge in [0, 0.05) is 50.4 Å². The highest BCUT2D eigenvalue weighted by molar-refractivity contribution is 5.81. The predicted octanol–water partition coefficient (Wildman–Crippen LogP) is 2.48. The number of carbonyl (C=O) groups is 1. The van der Waals surface area contributed by atoms with Gasteiger partial charge in [0.05, 0.1) is 0 Å². The Hall–Kier alpha value is -2.52. The fraction of sp³-hybridized carbons (Fsp3) is 0.650. The monoisotopic (exact) mass is 427 g/mol. The highest BCUT2D eigenvalue weighted by Gasteiger charge is 2.32. The Morgan fingerprint density at radius 1 is 1.33 bits per heavy atom. The first-order chi connectivity index (χ1) is 14.4. The summed E-state index contributed by atoms with van der Waals surface area (Å²) in [6.07, 6.45) is 2.02. The quantitative estimate of drug-likeness (QED) is 0.539. The van der Waals surface area contributed by atoms with E-state index in [-0.39, 0.29) is 30.3 Å². The van der Waals surface area contributed by atoms with E-state index in [0.717, 1.165) is 38.6 Å². The number of alkyl halides is 3. The molecule has 0 aromatic carbocycles. The van der Waals surface area contributed by atoms with Crippen LogP contribution in [0.5, 0.6) is 5.88 Å². The van der Waals surface area contributed by atoms with Crippen LogP contribution in [0.4, 0.5) is 13.2 Å². The first-order valence-electron chi connectivity index (χ1n) is 10.2. The SMILES string of the molecule is CN=C(NCc1cccnc1OCC(F)(F)F)NC1CCN(C(=O)C2CCCC2)C1. The largest absolute Gasteiger partial charge is 0.468 e. The average molecular weight is 427 g/mol. The van der Waals surface area contributed by atoms with E-state index in [0.29, 0.717) is 18.1 Å². The molecule has 0 spiro atoms. The molecule has 1 aliphatic heterocycles. The number of pyridine rings is 1. The van der Waals surface area contributed by atoms with Gasteiger partial charge in [0.2, 0.25) is 11.8 Å². The molecule has 0 bridgehead atoms. The Morgan fingerprint density at radius 3 is 2.80 bits per heavy atom. The van der Waals surface area contributed by atoms with Crippen molar-refractivity contribution in [3.8, 4) is 5.88 Å². The number of amides is 1. The van der Waals surface area contributed by atoms with E-state index in [2.05, 4.69) is 20.6 Å². The molecule has 1 aliphatic carbocycles. The zero-order chi connectivity index (χ0) is 21.6. The summed E-state index contributed by atoms with van der Waals surface area (Å²) in [5.41, 5.74) is 0.495. The molecule has 1 aromatic heterocycles. The van der Waals surface area contributed by atoms with Crippen molar-refractivity contribution in [2.75, 3.05) is 26.7 Å². The Bertz CT molecular complexity index is 750. The third-order valence-electron chi connectivity index (χ3n) is 5.44. The molecule has 2 fully saturated rings. The molecule has 1 saturated heterocycles. The maximum Gasteiger partial charge on any atom is 0.422 e. The number of nitrogens with zero attached hydrogens (tertiary/aromatic N) is 3. The summed E-state index contributed by atoms with van der Waals surface area (Å²) in [6.45, 7) is 0.167. The number of guanidine groups is 1. The van der Waals surface area contributed by atoms with Gasteiger partial charge in [-0.05, 0) is 25.3 Å². The van der Waals surface area contributed by atoms with Crippen molar-refractivity contribution >= 4 is 11.9 Å². The summed E-state index contributed by atoms with van der Waals surface area (Å²) < 4.78 is 42.1. The molecular formula is C20H28F3N5O2. The van der Waals surface area contributed by atoms with Gasteiger partial charge < -0.3 is 20.3 Å². The van der Waals surface area contributed by atoms with Gasteiger partial charge in [-0.15, -0.1) is 0 Å². The lowest BCUT2D eigenvalue weighted by Gasteiger charge is -2.21. The van der Waals surface area contributed by atoms with E-state index in [9.17, 15) is 18.0 Å². The molecule has 1 saturated carbocycles. The third-order valence-corrected chi connectivity index (χ3v) is 5.44. The third kappa shape index (κ3) is 6.24. The van der Waals surface area contributed by atoms with Gasteiger partial charge in [-0.25, -0.2) is 4.98 Å². The molecule has 166 valence electrons. The number of halogens is 3. The van der Waals surface area contributed by atoms with E-state index in [1.807, 2.05) is 4.90 Å². The number of aliphatic imine (C=N–C) groups is 1. The van der Waals surface area contributed by atoms with Gasteiger partial charge in [-0.2, -0.15) is 13.2 Å². The van der Waals surface area contributed by atoms with Crippen molar-refractivity contribution in [3.63, 3.8) is 0 Å². The summed E-state index contributed by atoms with van der Waals surface area (Å²) in [6, 6.07) is 3.37. The molecular weight excluding hydrogens is 399 g/mol. The van der Waals surface area contributed by atoms with Crippen molar-refractivity contribution in [1.82, 2.24) is 20.5 Å². The molecule has 10 heteroatoms. The minimum absolute atomic E-state index is 0.0630. The number of likely N-dealkylation sites (tertiary alicyclic amines) is 1. The van der Waals surface area contributed by atoms with Gasteiger partial charge in [0.15, 0.2) is 12.6 Å². The van der Waals surface area contributed by atoms with Crippen LogP contribution in [-0.2, 0) is 11.3 Å². The molecule has 2 heterocycles. The van der Waals surface area contributed by atoms with Crippen molar-refractivity contribution in [1.29, 1.82) is 0 Å². The van der Waals surface area contributed by atoms with Gasteiger partial charge in [0.25, 0.3) is 0 Å². The molecule has 1 atom stereocenters. The Labute approximate surface area is 174 Å². The summed E-state index contributed by atoms with van der Waals surface area (Å²) in [5.74, 6) is 0.871. The van der Waals surface area contributed by atoms with Crippen LogP contribution in [0.1, 0.15) is 37.7 Å². The van der Waals surface area contributed by atoms with E-state index < -0.39 is 12.8 Å². The van der Waals surface area contributed by atoms with Crippen molar-refractivity contribution < 1.29 is 22.7 Å². The number of rotatable bonds is 6. The zero-order valence-corrected chi connectivity index (χ0v) is 17.0. The highest BCUT2D eigenvalue weighted by atomic mass is 19.4. The minimum Gasteiger partial charge on any atom is -0.468 e. The van der Waals surface area contributed by atoms with Gasteiger partial charge in [-0.1, -0.05) is 18.9 Å². The molecule has 1 amide bonds. The van der Waals surface area contributed by atoms with Crippen LogP contribution in [-0.4, -0.2) is 60.7 Å². The van der Waals surface area contributed by atoms with Gasteiger partial charge >= 0.3 is 6.18 Å². The number of hydrogen-bond donors (Lipinski definition) is 2. The standard InChI is InChI=1S/C20H28F3N5O2/c1-24-19(26-11-15-7-4-9-25-17(15)30-13-20(21,22)23)27-16-8-10-28(12-16)18(29)14-5-2-3-6-14/h4,7,9,14,16H,2-3,5-6,8,10-13H2,1H3,(H2,24,26,27). The second kappa shape index (κ2) is 9.99. The lowest BCUT2D eigenvalue weighted by Crippen LogP contribution is -2.45. The maximum atomic E-state index is 12.6. The molecule has 1 unspecified atom stereocenters. The van der Waals surface area contributed by atoms with Crippen LogP contribution in [0.3, 0.4) is 0 Å². The van der Waals surface area contributed by atoms with Crippen LogP contribution < -0.4 is 15.4 Å². The Kier molecular flexibility index (Phi) is 7.38. The van der Waals surface area contributed by atoms with Crippen molar-refractivity contribution in [2.45, 2.75) is 50.9 Å². The van der Waals surface area contributed by atoms with Crippen LogP contribution in [0.15, 0.2) is 23.3 Å². The van der Waals surface area contributed by atoms with E-state index in [1.165, 1.54) is 6.20 Å². The second-order valence-electron chi connectivity index (χ2n) is 7.69. The summed E-state index contributed by atoms with van der Waals surface area (Å²) >= 11 is 0. The smallest absolute Gasteiger partial charge is 0.422 e. The van der Waals surface area contributed by atoms with E-state index in [4.69, 9.17) is 4.74 Å². The van der Waals surface area contributed by atoms with Gasteiger partial charge in [0.1, 0.15) is 0 Å². The molecule has 2 aliphatic rings. The summed E-state index contributed by atoms with van der Waals surface area (Å²) in [5, 5.41) is 6.37. The second-order valence-corrected chi connectivity index (χ2v) is 7.69. The Morgan fingerprint density at radius 2 is 2.10 bits per heavy atom. The number of aromatic nitrogens is 1. The molecule has 30 heavy (non-hydrogen) atoms. The maximum absolute atomic E-state index is 12.6. The minimum atomic E-state index is -4.43. The molecule has 0 radical (unpaired) electrons. The normalized spacial score (nSPS) is 20.5. The fourth-order valence-electron chi connectivity index (χ4n) is 3.91. The molecule has 3 rings (SSSR count). The molecule has 1 aromatic rings. The zero-order valence-electron chi connectivity index (χ0n) is 17.0. The Balaban J connectivity index is 1.49. The van der Waals surface area contributed by atoms with Crippen LogP contribution in [0.25, 0.3) is 0 Å². The fourth-order valence-corrected chi connectivity index (χ4v) is 3.91.